The third-order valence-electron chi connectivity index (χ3n) is 3.97. The number of anilines is 2. The smallest absolute Gasteiger partial charge is 0.319 e. The van der Waals surface area contributed by atoms with Crippen LogP contribution in [0.2, 0.25) is 5.02 Å². The predicted octanol–water partition coefficient (Wildman–Crippen LogP) is 3.28. The Morgan fingerprint density at radius 2 is 1.92 bits per heavy atom. The van der Waals surface area contributed by atoms with E-state index in [0.717, 1.165) is 11.4 Å². The number of methoxy groups -OCH3 is 1. The first-order chi connectivity index (χ1) is 12.1. The zero-order valence-electron chi connectivity index (χ0n) is 13.7. The average Bonchev–Trinajstić information content (AvgIpc) is 2.97. The molecule has 0 aliphatic carbocycles. The van der Waals surface area contributed by atoms with Crippen molar-refractivity contribution >= 4 is 34.9 Å². The first kappa shape index (κ1) is 17.1. The van der Waals surface area contributed by atoms with Crippen molar-refractivity contribution in [2.24, 2.45) is 0 Å². The number of amides is 3. The van der Waals surface area contributed by atoms with Gasteiger partial charge in [-0.05, 0) is 36.4 Å². The Labute approximate surface area is 150 Å². The van der Waals surface area contributed by atoms with Gasteiger partial charge in [-0.15, -0.1) is 0 Å². The molecule has 7 heteroatoms. The fourth-order valence-corrected chi connectivity index (χ4v) is 2.91. The summed E-state index contributed by atoms with van der Waals surface area (Å²) in [7, 11) is 1.59. The summed E-state index contributed by atoms with van der Waals surface area (Å²) in [6.07, 6.45) is 0.252. The summed E-state index contributed by atoms with van der Waals surface area (Å²) in [6, 6.07) is 13.6. The van der Waals surface area contributed by atoms with Crippen LogP contribution < -0.4 is 20.3 Å². The van der Waals surface area contributed by atoms with Crippen LogP contribution in [0.1, 0.15) is 6.42 Å². The number of carbonyl (C=O) groups excluding carboxylic acids is 2. The molecule has 6 nitrogen and oxygen atoms in total. The minimum atomic E-state index is -0.387. The van der Waals surface area contributed by atoms with Gasteiger partial charge in [-0.3, -0.25) is 4.79 Å². The molecule has 2 aromatic carbocycles. The topological polar surface area (TPSA) is 70.7 Å². The second kappa shape index (κ2) is 7.44. The van der Waals surface area contributed by atoms with Gasteiger partial charge in [0.2, 0.25) is 5.91 Å². The second-order valence-corrected chi connectivity index (χ2v) is 6.09. The monoisotopic (exact) mass is 359 g/mol. The van der Waals surface area contributed by atoms with Crippen molar-refractivity contribution in [3.63, 3.8) is 0 Å². The fourth-order valence-electron chi connectivity index (χ4n) is 2.72. The van der Waals surface area contributed by atoms with E-state index in [4.69, 9.17) is 16.3 Å². The normalized spacial score (nSPS) is 16.6. The van der Waals surface area contributed by atoms with Crippen LogP contribution in [0.25, 0.3) is 0 Å². The first-order valence-corrected chi connectivity index (χ1v) is 8.21. The average molecular weight is 360 g/mol. The lowest BCUT2D eigenvalue weighted by Gasteiger charge is -2.18. The maximum atomic E-state index is 12.2. The summed E-state index contributed by atoms with van der Waals surface area (Å²) in [6.45, 7) is 0.418. The van der Waals surface area contributed by atoms with Gasteiger partial charge in [-0.25, -0.2) is 4.79 Å². The van der Waals surface area contributed by atoms with E-state index in [1.54, 1.807) is 48.4 Å². The van der Waals surface area contributed by atoms with Gasteiger partial charge in [-0.1, -0.05) is 23.7 Å². The Balaban J connectivity index is 1.60. The van der Waals surface area contributed by atoms with Crippen LogP contribution in [0.4, 0.5) is 16.2 Å². The SMILES string of the molecule is COc1ccc(N2C[C@@H](NC(=O)Nc3ccccc3Cl)CC2=O)cc1. The van der Waals surface area contributed by atoms with Crippen LogP contribution in [0.3, 0.4) is 0 Å². The molecule has 0 bridgehead atoms. The number of hydrogen-bond acceptors (Lipinski definition) is 3. The van der Waals surface area contributed by atoms with Gasteiger partial charge in [0.05, 0.1) is 23.9 Å². The third kappa shape index (κ3) is 4.03. The van der Waals surface area contributed by atoms with Crippen molar-refractivity contribution in [2.75, 3.05) is 23.9 Å². The summed E-state index contributed by atoms with van der Waals surface area (Å²) in [4.78, 5) is 26.0. The highest BCUT2D eigenvalue weighted by molar-refractivity contribution is 6.33. The molecule has 1 heterocycles. The minimum absolute atomic E-state index is 0.0341. The van der Waals surface area contributed by atoms with Crippen molar-refractivity contribution in [3.8, 4) is 5.75 Å². The lowest BCUT2D eigenvalue weighted by molar-refractivity contribution is -0.117. The van der Waals surface area contributed by atoms with Crippen LogP contribution in [-0.4, -0.2) is 31.6 Å². The van der Waals surface area contributed by atoms with Crippen molar-refractivity contribution in [2.45, 2.75) is 12.5 Å². The standard InChI is InChI=1S/C18H18ClN3O3/c1-25-14-8-6-13(7-9-14)22-11-12(10-17(22)23)20-18(24)21-16-5-3-2-4-15(16)19/h2-9,12H,10-11H2,1H3,(H2,20,21,24)/t12-/m0/s1. The van der Waals surface area contributed by atoms with E-state index in [2.05, 4.69) is 10.6 Å². The van der Waals surface area contributed by atoms with Gasteiger partial charge in [0.15, 0.2) is 0 Å². The molecule has 2 N–H and O–H groups in total. The van der Waals surface area contributed by atoms with E-state index < -0.39 is 0 Å². The highest BCUT2D eigenvalue weighted by atomic mass is 35.5. The van der Waals surface area contributed by atoms with Crippen LogP contribution >= 0.6 is 11.6 Å². The Kier molecular flexibility index (Phi) is 5.09. The minimum Gasteiger partial charge on any atom is -0.497 e. The number of carbonyl (C=O) groups is 2. The molecular weight excluding hydrogens is 342 g/mol. The van der Waals surface area contributed by atoms with Crippen LogP contribution in [-0.2, 0) is 4.79 Å². The Bertz CT molecular complexity index is 779. The van der Waals surface area contributed by atoms with E-state index in [-0.39, 0.29) is 24.4 Å². The van der Waals surface area contributed by atoms with Crippen molar-refractivity contribution < 1.29 is 14.3 Å². The number of rotatable bonds is 4. The van der Waals surface area contributed by atoms with Gasteiger partial charge in [-0.2, -0.15) is 0 Å². The fraction of sp³-hybridized carbons (Fsp3) is 0.222. The molecule has 25 heavy (non-hydrogen) atoms. The van der Waals surface area contributed by atoms with Crippen molar-refractivity contribution in [1.29, 1.82) is 0 Å². The first-order valence-electron chi connectivity index (χ1n) is 7.83. The van der Waals surface area contributed by atoms with Gasteiger partial charge < -0.3 is 20.3 Å². The summed E-state index contributed by atoms with van der Waals surface area (Å²) >= 11 is 6.02. The summed E-state index contributed by atoms with van der Waals surface area (Å²) in [5, 5.41) is 5.96. The number of benzene rings is 2. The van der Waals surface area contributed by atoms with Gasteiger partial charge in [0.1, 0.15) is 5.75 Å². The lowest BCUT2D eigenvalue weighted by atomic mass is 10.2. The van der Waals surface area contributed by atoms with Crippen molar-refractivity contribution in [3.05, 3.63) is 53.6 Å². The molecular formula is C18H18ClN3O3. The Hall–Kier alpha value is -2.73. The Morgan fingerprint density at radius 3 is 2.60 bits per heavy atom. The predicted molar refractivity (Wildman–Crippen MR) is 97.4 cm³/mol. The second-order valence-electron chi connectivity index (χ2n) is 5.68. The van der Waals surface area contributed by atoms with E-state index in [1.165, 1.54) is 0 Å². The van der Waals surface area contributed by atoms with E-state index in [1.807, 2.05) is 12.1 Å². The molecule has 1 saturated heterocycles. The molecule has 0 saturated carbocycles. The highest BCUT2D eigenvalue weighted by Crippen LogP contribution is 2.24. The molecule has 1 atom stereocenters. The summed E-state index contributed by atoms with van der Waals surface area (Å²) in [5.41, 5.74) is 1.31. The lowest BCUT2D eigenvalue weighted by Crippen LogP contribution is -2.39. The van der Waals surface area contributed by atoms with Gasteiger partial charge in [0.25, 0.3) is 0 Å². The quantitative estimate of drug-likeness (QED) is 0.880. The molecule has 1 fully saturated rings. The third-order valence-corrected chi connectivity index (χ3v) is 4.30. The number of halogens is 1. The van der Waals surface area contributed by atoms with Crippen LogP contribution in [0, 0.1) is 0 Å². The summed E-state index contributed by atoms with van der Waals surface area (Å²) < 4.78 is 5.12. The number of hydrogen-bond donors (Lipinski definition) is 2. The number of nitrogens with zero attached hydrogens (tertiary/aromatic N) is 1. The summed E-state index contributed by atoms with van der Waals surface area (Å²) in [5.74, 6) is 0.692. The van der Waals surface area contributed by atoms with Gasteiger partial charge in [0, 0.05) is 18.7 Å². The molecule has 3 amide bonds. The largest absolute Gasteiger partial charge is 0.497 e. The van der Waals surface area contributed by atoms with E-state index in [9.17, 15) is 9.59 Å². The molecule has 0 aromatic heterocycles. The van der Waals surface area contributed by atoms with E-state index >= 15 is 0 Å². The number of para-hydroxylation sites is 1. The number of ether oxygens (including phenoxy) is 1. The van der Waals surface area contributed by atoms with Crippen LogP contribution in [0.5, 0.6) is 5.75 Å². The highest BCUT2D eigenvalue weighted by Gasteiger charge is 2.31. The van der Waals surface area contributed by atoms with Crippen LogP contribution in [0.15, 0.2) is 48.5 Å². The molecule has 0 spiro atoms. The molecule has 0 radical (unpaired) electrons. The van der Waals surface area contributed by atoms with Crippen molar-refractivity contribution in [1.82, 2.24) is 5.32 Å². The maximum Gasteiger partial charge on any atom is 0.319 e. The zero-order valence-corrected chi connectivity index (χ0v) is 14.4. The maximum absolute atomic E-state index is 12.2. The molecule has 3 rings (SSSR count). The molecule has 130 valence electrons. The molecule has 2 aromatic rings. The Morgan fingerprint density at radius 1 is 1.20 bits per heavy atom. The molecule has 1 aliphatic heterocycles. The van der Waals surface area contributed by atoms with Gasteiger partial charge >= 0.3 is 6.03 Å². The molecule has 1 aliphatic rings. The number of urea groups is 1. The van der Waals surface area contributed by atoms with E-state index in [0.29, 0.717) is 17.3 Å². The number of nitrogens with one attached hydrogen (secondary N) is 2. The zero-order chi connectivity index (χ0) is 17.8. The molecule has 0 unspecified atom stereocenters.